The summed E-state index contributed by atoms with van der Waals surface area (Å²) in [6.45, 7) is 5.77. The number of halogens is 2. The summed E-state index contributed by atoms with van der Waals surface area (Å²) < 4.78 is 24.6. The number of aliphatic hydroxyl groups is 1. The van der Waals surface area contributed by atoms with Crippen LogP contribution >= 0.6 is 35.1 Å². The predicted molar refractivity (Wildman–Crippen MR) is 233 cm³/mol. The van der Waals surface area contributed by atoms with Gasteiger partial charge in [0.25, 0.3) is 22.3 Å². The third kappa shape index (κ3) is 9.95. The van der Waals surface area contributed by atoms with Crippen molar-refractivity contribution < 1.29 is 47.4 Å². The second kappa shape index (κ2) is 18.2. The number of rotatable bonds is 10. The van der Waals surface area contributed by atoms with Crippen LogP contribution in [0.4, 0.5) is 14.0 Å². The van der Waals surface area contributed by atoms with Gasteiger partial charge in [0.2, 0.25) is 0 Å². The van der Waals surface area contributed by atoms with Gasteiger partial charge < -0.3 is 19.0 Å². The fourth-order valence-corrected chi connectivity index (χ4v) is 7.85. The summed E-state index contributed by atoms with van der Waals surface area (Å²) in [6, 6.07) is 31.7. The van der Waals surface area contributed by atoms with Gasteiger partial charge in [-0.15, -0.1) is 0 Å². The number of carbonyl (C=O) groups is 5. The number of hydrogen-bond donors (Lipinski definition) is 2. The molecule has 0 saturated carbocycles. The van der Waals surface area contributed by atoms with E-state index in [2.05, 4.69) is 6.58 Å². The van der Waals surface area contributed by atoms with Crippen molar-refractivity contribution in [2.75, 3.05) is 0 Å². The number of benzene rings is 4. The Labute approximate surface area is 361 Å². The zero-order chi connectivity index (χ0) is 43.4. The van der Waals surface area contributed by atoms with Crippen LogP contribution in [0, 0.1) is 12.7 Å². The van der Waals surface area contributed by atoms with Gasteiger partial charge in [0.1, 0.15) is 34.6 Å². The summed E-state index contributed by atoms with van der Waals surface area (Å²) in [5.41, 5.74) is 4.56. The van der Waals surface area contributed by atoms with Crippen LogP contribution in [0.15, 0.2) is 140 Å². The highest BCUT2D eigenvalue weighted by Gasteiger charge is 2.36. The smallest absolute Gasteiger partial charge is 0.337 e. The van der Waals surface area contributed by atoms with Crippen LogP contribution in [0.2, 0.25) is 5.02 Å². The standard InChI is InChI=1S/C24H19NO4S.C22H13ClFNO5S/c1-15-3-5-17(6-4-15)14-25-23(27)22(30-24(25)28)13-20-11-12-21(29-20)19-9-7-18(8-10-19)16(2)26;23-17-7-3-13(9-16(17)21(27)28)18-8-6-15(30-18)10-19-20(26)25(22(29)31-19)11-12-1-4-14(24)5-2-12/h3-13,26H,2,14H2,1H3;1-10H,11H2,(H,27,28)/b22-13-;19-10-. The van der Waals surface area contributed by atoms with Gasteiger partial charge in [0.05, 0.1) is 33.5 Å². The van der Waals surface area contributed by atoms with Crippen molar-refractivity contribution in [1.82, 2.24) is 9.80 Å². The van der Waals surface area contributed by atoms with Crippen molar-refractivity contribution in [3.05, 3.63) is 182 Å². The molecule has 15 heteroatoms. The Bertz CT molecular complexity index is 2770. The first-order chi connectivity index (χ1) is 29.2. The van der Waals surface area contributed by atoms with E-state index in [-0.39, 0.29) is 45.5 Å². The molecule has 2 aliphatic heterocycles. The van der Waals surface area contributed by atoms with Gasteiger partial charge in [0, 0.05) is 28.8 Å². The van der Waals surface area contributed by atoms with Gasteiger partial charge >= 0.3 is 5.97 Å². The first kappa shape index (κ1) is 42.3. The Hall–Kier alpha value is -6.87. The number of nitrogens with zero attached hydrogens (tertiary/aromatic N) is 2. The molecule has 2 saturated heterocycles. The molecule has 4 heterocycles. The number of carboxylic acids is 1. The van der Waals surface area contributed by atoms with Gasteiger partial charge in [-0.3, -0.25) is 29.0 Å². The van der Waals surface area contributed by atoms with E-state index in [0.717, 1.165) is 45.1 Å². The number of hydrogen-bond acceptors (Lipinski definition) is 10. The number of carbonyl (C=O) groups excluding carboxylic acids is 4. The first-order valence-electron chi connectivity index (χ1n) is 18.2. The molecule has 0 spiro atoms. The molecule has 4 amide bonds. The van der Waals surface area contributed by atoms with E-state index in [1.807, 2.05) is 43.3 Å². The van der Waals surface area contributed by atoms with Crippen LogP contribution in [0.1, 0.15) is 44.1 Å². The Morgan fingerprint density at radius 2 is 1.16 bits per heavy atom. The van der Waals surface area contributed by atoms with Gasteiger partial charge in [-0.25, -0.2) is 9.18 Å². The molecule has 61 heavy (non-hydrogen) atoms. The normalized spacial score (nSPS) is 15.2. The van der Waals surface area contributed by atoms with E-state index in [0.29, 0.717) is 44.6 Å². The van der Waals surface area contributed by atoms with Crippen LogP contribution in [-0.4, -0.2) is 48.3 Å². The zero-order valence-electron chi connectivity index (χ0n) is 32.0. The van der Waals surface area contributed by atoms with Crippen LogP contribution in [0.3, 0.4) is 0 Å². The molecule has 0 atom stereocenters. The zero-order valence-corrected chi connectivity index (χ0v) is 34.4. The number of aromatic carboxylic acids is 1. The third-order valence-corrected chi connectivity index (χ3v) is 11.4. The SMILES string of the molecule is C=C(O)c1ccc(-c2ccc(/C=C3\SC(=O)N(Cc4ccc(C)cc4)C3=O)o2)cc1.O=C(O)c1cc(-c2ccc(/C=C3\SC(=O)N(Cc4ccc(F)cc4)C3=O)o2)ccc1Cl. The molecule has 0 unspecified atom stereocenters. The molecule has 2 aromatic heterocycles. The largest absolute Gasteiger partial charge is 0.508 e. The lowest BCUT2D eigenvalue weighted by Crippen LogP contribution is -2.27. The van der Waals surface area contributed by atoms with Crippen molar-refractivity contribution in [2.45, 2.75) is 20.0 Å². The molecular formula is C46H32ClFN2O9S2. The number of amides is 4. The van der Waals surface area contributed by atoms with Gasteiger partial charge in [-0.05, 0) is 96.2 Å². The van der Waals surface area contributed by atoms with Gasteiger partial charge in [-0.2, -0.15) is 0 Å². The Morgan fingerprint density at radius 1 is 0.689 bits per heavy atom. The molecule has 11 nitrogen and oxygen atoms in total. The first-order valence-corrected chi connectivity index (χ1v) is 20.3. The van der Waals surface area contributed by atoms with Gasteiger partial charge in [0.15, 0.2) is 0 Å². The average molecular weight is 875 g/mol. The number of imide groups is 2. The highest BCUT2D eigenvalue weighted by molar-refractivity contribution is 8.18. The minimum atomic E-state index is -1.16. The van der Waals surface area contributed by atoms with Crippen molar-refractivity contribution in [3.8, 4) is 22.6 Å². The summed E-state index contributed by atoms with van der Waals surface area (Å²) in [5, 5.41) is 18.0. The Balaban J connectivity index is 0.000000184. The summed E-state index contributed by atoms with van der Waals surface area (Å²) in [4.78, 5) is 64.1. The van der Waals surface area contributed by atoms with Crippen molar-refractivity contribution >= 4 is 81.3 Å². The van der Waals surface area contributed by atoms with Crippen LogP contribution < -0.4 is 0 Å². The van der Waals surface area contributed by atoms with E-state index in [9.17, 15) is 38.6 Å². The summed E-state index contributed by atoms with van der Waals surface area (Å²) in [5.74, 6) is -0.535. The maximum Gasteiger partial charge on any atom is 0.337 e. The fraction of sp³-hybridized carbons (Fsp3) is 0.0652. The summed E-state index contributed by atoms with van der Waals surface area (Å²) in [6.07, 6.45) is 3.04. The minimum absolute atomic E-state index is 0.00282. The second-order valence-corrected chi connectivity index (χ2v) is 16.0. The third-order valence-electron chi connectivity index (χ3n) is 9.25. The topological polar surface area (TPSA) is 159 Å². The maximum atomic E-state index is 13.1. The average Bonchev–Trinajstić information content (AvgIpc) is 4.02. The summed E-state index contributed by atoms with van der Waals surface area (Å²) >= 11 is 7.58. The van der Waals surface area contributed by atoms with Crippen LogP contribution in [0.25, 0.3) is 40.6 Å². The summed E-state index contributed by atoms with van der Waals surface area (Å²) in [7, 11) is 0. The molecule has 0 aliphatic carbocycles. The number of aryl methyl sites for hydroxylation is 1. The highest BCUT2D eigenvalue weighted by atomic mass is 35.5. The Kier molecular flexibility index (Phi) is 12.6. The van der Waals surface area contributed by atoms with Gasteiger partial charge in [-0.1, -0.05) is 84.4 Å². The van der Waals surface area contributed by atoms with E-state index < -0.39 is 22.9 Å². The molecule has 4 aromatic carbocycles. The van der Waals surface area contributed by atoms with E-state index in [1.54, 1.807) is 48.5 Å². The van der Waals surface area contributed by atoms with Crippen molar-refractivity contribution in [1.29, 1.82) is 0 Å². The lowest BCUT2D eigenvalue weighted by Gasteiger charge is -2.12. The molecule has 306 valence electrons. The van der Waals surface area contributed by atoms with Crippen molar-refractivity contribution in [2.24, 2.45) is 0 Å². The highest BCUT2D eigenvalue weighted by Crippen LogP contribution is 2.36. The molecule has 6 aromatic rings. The van der Waals surface area contributed by atoms with Crippen molar-refractivity contribution in [3.63, 3.8) is 0 Å². The molecule has 2 aliphatic rings. The molecule has 2 N–H and O–H groups in total. The number of furan rings is 2. The lowest BCUT2D eigenvalue weighted by atomic mass is 10.1. The van der Waals surface area contributed by atoms with Crippen LogP contribution in [-0.2, 0) is 22.7 Å². The molecular weight excluding hydrogens is 843 g/mol. The number of carboxylic acid groups (broad SMARTS) is 1. The van der Waals surface area contributed by atoms with E-state index in [1.165, 1.54) is 47.4 Å². The molecule has 2 fully saturated rings. The second-order valence-electron chi connectivity index (χ2n) is 13.6. The maximum absolute atomic E-state index is 13.1. The fourth-order valence-electron chi connectivity index (χ4n) is 6.02. The van der Waals surface area contributed by atoms with E-state index in [4.69, 9.17) is 20.4 Å². The minimum Gasteiger partial charge on any atom is -0.508 e. The Morgan fingerprint density at radius 3 is 1.66 bits per heavy atom. The number of thioether (sulfide) groups is 2. The molecule has 8 rings (SSSR count). The predicted octanol–water partition coefficient (Wildman–Crippen LogP) is 11.7. The molecule has 0 bridgehead atoms. The number of aliphatic hydroxyl groups excluding tert-OH is 1. The monoisotopic (exact) mass is 874 g/mol. The van der Waals surface area contributed by atoms with Crippen LogP contribution in [0.5, 0.6) is 0 Å². The molecule has 0 radical (unpaired) electrons. The van der Waals surface area contributed by atoms with E-state index >= 15 is 0 Å². The quantitative estimate of drug-likeness (QED) is 0.0996. The lowest BCUT2D eigenvalue weighted by molar-refractivity contribution is -0.124.